The Kier molecular flexibility index (Phi) is 6.22. The summed E-state index contributed by atoms with van der Waals surface area (Å²) in [5.41, 5.74) is 3.32. The highest BCUT2D eigenvalue weighted by Crippen LogP contribution is 2.30. The van der Waals surface area contributed by atoms with Crippen LogP contribution in [-0.4, -0.2) is 40.0 Å². The summed E-state index contributed by atoms with van der Waals surface area (Å²) in [6.45, 7) is 3.29. The molecule has 1 aliphatic heterocycles. The molecule has 1 aliphatic rings. The van der Waals surface area contributed by atoms with Crippen molar-refractivity contribution in [1.82, 2.24) is 15.3 Å². The maximum Gasteiger partial charge on any atom is 0.247 e. The van der Waals surface area contributed by atoms with Gasteiger partial charge in [-0.1, -0.05) is 26.2 Å². The number of aryl methyl sites for hydroxylation is 1. The lowest BCUT2D eigenvalue weighted by molar-refractivity contribution is -0.151. The molecule has 0 unspecified atom stereocenters. The molecule has 26 heavy (non-hydrogen) atoms. The van der Waals surface area contributed by atoms with Crippen molar-refractivity contribution in [2.75, 3.05) is 18.4 Å². The monoisotopic (exact) mass is 358 g/mol. The molecule has 2 N–H and O–H groups in total. The molecule has 0 saturated carbocycles. The number of hydrogen-bond donors (Lipinski definition) is 2. The van der Waals surface area contributed by atoms with Crippen LogP contribution >= 0.6 is 0 Å². The molecule has 0 saturated heterocycles. The van der Waals surface area contributed by atoms with Crippen LogP contribution in [0.4, 0.5) is 5.69 Å². The number of rotatable bonds is 9. The van der Waals surface area contributed by atoms with Gasteiger partial charge in [-0.3, -0.25) is 10.0 Å². The molecule has 2 aromatic rings. The van der Waals surface area contributed by atoms with E-state index >= 15 is 0 Å². The van der Waals surface area contributed by atoms with Crippen molar-refractivity contribution in [3.63, 3.8) is 0 Å². The van der Waals surface area contributed by atoms with E-state index in [1.165, 1.54) is 11.3 Å². The lowest BCUT2D eigenvalue weighted by atomic mass is 10.0. The molecule has 0 aliphatic carbocycles. The summed E-state index contributed by atoms with van der Waals surface area (Å²) in [7, 11) is 0. The van der Waals surface area contributed by atoms with Crippen molar-refractivity contribution >= 4 is 12.1 Å². The Hall–Kier alpha value is -2.41. The topological polar surface area (TPSA) is 91.5 Å². The number of fused-ring (bicyclic) bond motifs is 1. The molecule has 0 bridgehead atoms. The van der Waals surface area contributed by atoms with Gasteiger partial charge in [0.2, 0.25) is 18.2 Å². The number of hydroxylamine groups is 2. The highest BCUT2D eigenvalue weighted by molar-refractivity contribution is 5.63. The number of hydrogen-bond acceptors (Lipinski definition) is 6. The largest absolute Gasteiger partial charge is 0.420 e. The van der Waals surface area contributed by atoms with Gasteiger partial charge in [-0.05, 0) is 43.0 Å². The molecule has 140 valence electrons. The van der Waals surface area contributed by atoms with Crippen molar-refractivity contribution in [2.45, 2.75) is 51.4 Å². The minimum Gasteiger partial charge on any atom is -0.420 e. The van der Waals surface area contributed by atoms with Crippen LogP contribution in [0.25, 0.3) is 11.5 Å². The van der Waals surface area contributed by atoms with Gasteiger partial charge in [0, 0.05) is 17.8 Å². The summed E-state index contributed by atoms with van der Waals surface area (Å²) in [5, 5.41) is 22.0. The van der Waals surface area contributed by atoms with Crippen LogP contribution in [0.3, 0.4) is 0 Å². The van der Waals surface area contributed by atoms with Crippen molar-refractivity contribution in [3.05, 3.63) is 29.7 Å². The Morgan fingerprint density at radius 1 is 1.38 bits per heavy atom. The Bertz CT molecular complexity index is 731. The van der Waals surface area contributed by atoms with Crippen molar-refractivity contribution in [1.29, 1.82) is 0 Å². The second-order valence-electron chi connectivity index (χ2n) is 6.77. The fraction of sp³-hybridized carbons (Fsp3) is 0.526. The van der Waals surface area contributed by atoms with E-state index in [2.05, 4.69) is 28.5 Å². The van der Waals surface area contributed by atoms with Gasteiger partial charge in [-0.25, -0.2) is 5.06 Å². The zero-order chi connectivity index (χ0) is 18.4. The summed E-state index contributed by atoms with van der Waals surface area (Å²) < 4.78 is 5.90. The predicted octanol–water partition coefficient (Wildman–Crippen LogP) is 3.61. The number of nitrogens with one attached hydrogen (secondary N) is 1. The van der Waals surface area contributed by atoms with Crippen LogP contribution in [-0.2, 0) is 11.2 Å². The highest BCUT2D eigenvalue weighted by Gasteiger charge is 2.22. The zero-order valence-electron chi connectivity index (χ0n) is 15.1. The second kappa shape index (κ2) is 8.80. The lowest BCUT2D eigenvalue weighted by Crippen LogP contribution is -2.24. The van der Waals surface area contributed by atoms with Gasteiger partial charge in [0.1, 0.15) is 0 Å². The molecular formula is C19H26N4O3. The zero-order valence-corrected chi connectivity index (χ0v) is 15.1. The summed E-state index contributed by atoms with van der Waals surface area (Å²) in [5.74, 6) is 0.773. The number of unbranched alkanes of at least 4 members (excludes halogenated alkanes) is 2. The molecule has 0 spiro atoms. The fourth-order valence-corrected chi connectivity index (χ4v) is 3.33. The van der Waals surface area contributed by atoms with Crippen LogP contribution in [0.1, 0.15) is 56.4 Å². The maximum absolute atomic E-state index is 10.8. The van der Waals surface area contributed by atoms with E-state index < -0.39 is 0 Å². The third-order valence-corrected chi connectivity index (χ3v) is 4.77. The van der Waals surface area contributed by atoms with Crippen LogP contribution in [0, 0.1) is 0 Å². The quantitative estimate of drug-likeness (QED) is 0.308. The van der Waals surface area contributed by atoms with E-state index in [1.54, 1.807) is 0 Å². The second-order valence-corrected chi connectivity index (χ2v) is 6.77. The van der Waals surface area contributed by atoms with Gasteiger partial charge in [-0.15, -0.1) is 10.2 Å². The van der Waals surface area contributed by atoms with Crippen LogP contribution in [0.2, 0.25) is 0 Å². The van der Waals surface area contributed by atoms with E-state index in [0.29, 0.717) is 23.3 Å². The molecule has 0 fully saturated rings. The first kappa shape index (κ1) is 18.4. The van der Waals surface area contributed by atoms with E-state index in [9.17, 15) is 10.0 Å². The van der Waals surface area contributed by atoms with Gasteiger partial charge in [0.15, 0.2) is 0 Å². The van der Waals surface area contributed by atoms with Crippen LogP contribution < -0.4 is 5.32 Å². The van der Waals surface area contributed by atoms with Gasteiger partial charge >= 0.3 is 0 Å². The number of aromatic nitrogens is 2. The van der Waals surface area contributed by atoms with Crippen molar-refractivity contribution < 1.29 is 14.4 Å². The molecule has 2 heterocycles. The normalized spacial score (nSPS) is 14.4. The summed E-state index contributed by atoms with van der Waals surface area (Å²) in [6.07, 6.45) is 6.51. The van der Waals surface area contributed by atoms with Gasteiger partial charge < -0.3 is 9.73 Å². The first-order valence-corrected chi connectivity index (χ1v) is 9.32. The van der Waals surface area contributed by atoms with E-state index in [1.807, 2.05) is 12.1 Å². The Labute approximate surface area is 153 Å². The Balaban J connectivity index is 1.78. The van der Waals surface area contributed by atoms with E-state index in [-0.39, 0.29) is 12.5 Å². The predicted molar refractivity (Wildman–Crippen MR) is 98.0 cm³/mol. The molecule has 1 amide bonds. The Morgan fingerprint density at radius 2 is 2.27 bits per heavy atom. The van der Waals surface area contributed by atoms with Gasteiger partial charge in [-0.2, -0.15) is 0 Å². The first-order chi connectivity index (χ1) is 12.7. The third-order valence-electron chi connectivity index (χ3n) is 4.77. The third kappa shape index (κ3) is 4.40. The van der Waals surface area contributed by atoms with Gasteiger partial charge in [0.05, 0.1) is 12.5 Å². The number of anilines is 1. The van der Waals surface area contributed by atoms with Crippen molar-refractivity contribution in [3.8, 4) is 11.5 Å². The minimum absolute atomic E-state index is 0.156. The molecule has 7 nitrogen and oxygen atoms in total. The summed E-state index contributed by atoms with van der Waals surface area (Å²) >= 11 is 0. The first-order valence-electron chi connectivity index (χ1n) is 9.32. The molecule has 3 rings (SSSR count). The number of carbonyl (C=O) groups excluding carboxylic acids is 1. The molecule has 1 aromatic carbocycles. The van der Waals surface area contributed by atoms with Crippen LogP contribution in [0.5, 0.6) is 0 Å². The fourth-order valence-electron chi connectivity index (χ4n) is 3.33. The molecule has 1 atom stereocenters. The molecule has 0 radical (unpaired) electrons. The number of carbonyl (C=O) groups is 1. The Morgan fingerprint density at radius 3 is 3.08 bits per heavy atom. The maximum atomic E-state index is 10.8. The SMILES string of the molecule is CCCCC[C@H](CN(O)C=O)c1nnc(-c2ccc3c(c2)CCCN3)o1. The minimum atomic E-state index is -0.169. The molecule has 1 aromatic heterocycles. The van der Waals surface area contributed by atoms with Crippen molar-refractivity contribution in [2.24, 2.45) is 0 Å². The number of benzene rings is 1. The highest BCUT2D eigenvalue weighted by atomic mass is 16.5. The summed E-state index contributed by atoms with van der Waals surface area (Å²) in [6, 6.07) is 6.12. The average molecular weight is 358 g/mol. The van der Waals surface area contributed by atoms with Crippen LogP contribution in [0.15, 0.2) is 22.6 Å². The average Bonchev–Trinajstić information content (AvgIpc) is 3.17. The standard InChI is InChI=1S/C19H26N4O3/c1-2-3-4-6-16(12-23(25)13-24)19-22-21-18(26-19)15-8-9-17-14(11-15)7-5-10-20-17/h8-9,11,13,16,20,25H,2-7,10,12H2,1H3/t16-/m1/s1. The smallest absolute Gasteiger partial charge is 0.247 e. The number of nitrogens with zero attached hydrogens (tertiary/aromatic N) is 3. The number of amides is 1. The molecular weight excluding hydrogens is 332 g/mol. The van der Waals surface area contributed by atoms with E-state index in [4.69, 9.17) is 4.42 Å². The molecule has 7 heteroatoms. The summed E-state index contributed by atoms with van der Waals surface area (Å²) in [4.78, 5) is 10.8. The van der Waals surface area contributed by atoms with Gasteiger partial charge in [0.25, 0.3) is 0 Å². The van der Waals surface area contributed by atoms with E-state index in [0.717, 1.165) is 50.6 Å². The lowest BCUT2D eigenvalue weighted by Gasteiger charge is -2.18.